The Morgan fingerprint density at radius 3 is 2.32 bits per heavy atom. The van der Waals surface area contributed by atoms with Crippen LogP contribution < -0.4 is 11.1 Å². The van der Waals surface area contributed by atoms with Gasteiger partial charge in [0, 0.05) is 19.5 Å². The molecule has 0 bridgehead atoms. The van der Waals surface area contributed by atoms with Crippen molar-refractivity contribution in [2.45, 2.75) is 64.2 Å². The fourth-order valence-corrected chi connectivity index (χ4v) is 2.23. The largest absolute Gasteiger partial charge is 0.374 e. The number of unbranched alkanes of at least 4 members (excludes halogenated alkanes) is 5. The number of nitrogens with one attached hydrogen (secondary N) is 1. The Bertz CT molecular complexity index is 211. The van der Waals surface area contributed by atoms with Crippen molar-refractivity contribution in [3.63, 3.8) is 0 Å². The Morgan fingerprint density at radius 2 is 1.58 bits per heavy atom. The third-order valence-corrected chi connectivity index (χ3v) is 3.33. The van der Waals surface area contributed by atoms with E-state index < -0.39 is 0 Å². The first-order valence-corrected chi connectivity index (χ1v) is 7.41. The molecule has 3 N–H and O–H groups in total. The second-order valence-electron chi connectivity index (χ2n) is 4.98. The van der Waals surface area contributed by atoms with E-state index in [1.54, 1.807) is 0 Å². The van der Waals surface area contributed by atoms with E-state index in [4.69, 9.17) is 5.73 Å². The Kier molecular flexibility index (Phi) is 18.0. The minimum absolute atomic E-state index is 0. The van der Waals surface area contributed by atoms with Crippen LogP contribution in [-0.4, -0.2) is 25.5 Å². The maximum atomic E-state index is 5.46. The van der Waals surface area contributed by atoms with Gasteiger partial charge < -0.3 is 11.1 Å². The van der Waals surface area contributed by atoms with Gasteiger partial charge in [-0.05, 0) is 32.2 Å². The summed E-state index contributed by atoms with van der Waals surface area (Å²) in [6.45, 7) is 2.98. The highest BCUT2D eigenvalue weighted by Crippen LogP contribution is 2.07. The Morgan fingerprint density at radius 1 is 0.895 bits per heavy atom. The zero-order valence-corrected chi connectivity index (χ0v) is 13.7. The van der Waals surface area contributed by atoms with Crippen molar-refractivity contribution < 1.29 is 0 Å². The van der Waals surface area contributed by atoms with E-state index >= 15 is 0 Å². The van der Waals surface area contributed by atoms with Crippen LogP contribution >= 0.6 is 24.8 Å². The predicted molar refractivity (Wildman–Crippen MR) is 90.0 cm³/mol. The van der Waals surface area contributed by atoms with Crippen LogP contribution in [0.1, 0.15) is 64.2 Å². The van der Waals surface area contributed by atoms with E-state index in [-0.39, 0.29) is 24.8 Å². The molecule has 3 nitrogen and oxygen atoms in total. The summed E-state index contributed by atoms with van der Waals surface area (Å²) in [4.78, 5) is 4.57. The Labute approximate surface area is 131 Å². The molecule has 0 radical (unpaired) electrons. The minimum Gasteiger partial charge on any atom is -0.374 e. The van der Waals surface area contributed by atoms with Crippen LogP contribution in [-0.2, 0) is 0 Å². The lowest BCUT2D eigenvalue weighted by atomic mass is 10.1. The summed E-state index contributed by atoms with van der Waals surface area (Å²) in [5.41, 5.74) is 5.46. The Balaban J connectivity index is 0. The first kappa shape index (κ1) is 21.3. The van der Waals surface area contributed by atoms with E-state index in [9.17, 15) is 0 Å². The lowest BCUT2D eigenvalue weighted by molar-refractivity contribution is 0.592. The number of halogens is 2. The van der Waals surface area contributed by atoms with Crippen molar-refractivity contribution in [1.82, 2.24) is 5.32 Å². The normalized spacial score (nSPS) is 14.7. The molecule has 1 aliphatic rings. The smallest absolute Gasteiger partial charge is 0.0963 e. The van der Waals surface area contributed by atoms with E-state index in [1.807, 2.05) is 0 Å². The molecule has 19 heavy (non-hydrogen) atoms. The third-order valence-electron chi connectivity index (χ3n) is 3.33. The molecule has 0 unspecified atom stereocenters. The molecule has 0 fully saturated rings. The molecular weight excluding hydrogens is 281 g/mol. The zero-order valence-electron chi connectivity index (χ0n) is 12.0. The quantitative estimate of drug-likeness (QED) is 0.672. The monoisotopic (exact) mass is 311 g/mol. The molecule has 5 heteroatoms. The second kappa shape index (κ2) is 16.1. The molecule has 0 aromatic rings. The number of nitrogens with zero attached hydrogens (tertiary/aromatic N) is 1. The average molecular weight is 312 g/mol. The topological polar surface area (TPSA) is 50.4 Å². The van der Waals surface area contributed by atoms with Crippen LogP contribution in [0.5, 0.6) is 0 Å². The Hall–Kier alpha value is 0.01000. The van der Waals surface area contributed by atoms with Crippen molar-refractivity contribution in [3.05, 3.63) is 0 Å². The fraction of sp³-hybridized carbons (Fsp3) is 0.929. The minimum atomic E-state index is 0. The van der Waals surface area contributed by atoms with Gasteiger partial charge >= 0.3 is 0 Å². The van der Waals surface area contributed by atoms with Crippen LogP contribution in [0.3, 0.4) is 0 Å². The van der Waals surface area contributed by atoms with Crippen molar-refractivity contribution >= 4 is 30.6 Å². The highest BCUT2D eigenvalue weighted by atomic mass is 35.5. The van der Waals surface area contributed by atoms with Crippen LogP contribution in [0.4, 0.5) is 0 Å². The number of rotatable bonds is 8. The van der Waals surface area contributed by atoms with Crippen molar-refractivity contribution in [2.24, 2.45) is 10.7 Å². The summed E-state index contributed by atoms with van der Waals surface area (Å²) in [6.07, 6.45) is 12.9. The van der Waals surface area contributed by atoms with Crippen LogP contribution in [0, 0.1) is 0 Å². The van der Waals surface area contributed by atoms with Gasteiger partial charge in [-0.1, -0.05) is 32.1 Å². The molecular formula is C14H31Cl2N3. The van der Waals surface area contributed by atoms with Crippen molar-refractivity contribution in [1.29, 1.82) is 0 Å². The van der Waals surface area contributed by atoms with E-state index in [0.29, 0.717) is 0 Å². The molecule has 0 atom stereocenters. The van der Waals surface area contributed by atoms with Gasteiger partial charge in [-0.25, -0.2) is 0 Å². The van der Waals surface area contributed by atoms with Gasteiger partial charge in [0.15, 0.2) is 0 Å². The third kappa shape index (κ3) is 12.8. The number of hydrogen-bond acceptors (Lipinski definition) is 3. The fourth-order valence-electron chi connectivity index (χ4n) is 2.23. The highest BCUT2D eigenvalue weighted by Gasteiger charge is 2.02. The van der Waals surface area contributed by atoms with Crippen LogP contribution in [0.15, 0.2) is 4.99 Å². The van der Waals surface area contributed by atoms with E-state index in [2.05, 4.69) is 10.3 Å². The van der Waals surface area contributed by atoms with E-state index in [0.717, 1.165) is 26.1 Å². The molecule has 1 heterocycles. The molecule has 0 saturated heterocycles. The average Bonchev–Trinajstić information content (AvgIpc) is 2.61. The number of hydrogen-bond donors (Lipinski definition) is 2. The molecule has 116 valence electrons. The molecule has 1 rings (SSSR count). The molecule has 0 spiro atoms. The molecule has 0 aliphatic carbocycles. The maximum Gasteiger partial charge on any atom is 0.0963 e. The summed E-state index contributed by atoms with van der Waals surface area (Å²) in [7, 11) is 0. The number of amidine groups is 1. The lowest BCUT2D eigenvalue weighted by Gasteiger charge is -2.07. The van der Waals surface area contributed by atoms with Crippen molar-refractivity contribution in [2.75, 3.05) is 19.6 Å². The van der Waals surface area contributed by atoms with Gasteiger partial charge in [0.1, 0.15) is 0 Å². The van der Waals surface area contributed by atoms with Gasteiger partial charge in [0.2, 0.25) is 0 Å². The van der Waals surface area contributed by atoms with Gasteiger partial charge in [-0.3, -0.25) is 4.99 Å². The van der Waals surface area contributed by atoms with E-state index in [1.165, 1.54) is 63.6 Å². The summed E-state index contributed by atoms with van der Waals surface area (Å²) < 4.78 is 0. The lowest BCUT2D eigenvalue weighted by Crippen LogP contribution is -2.24. The molecule has 0 aromatic carbocycles. The SMILES string of the molecule is Cl.Cl.NCCCCCCCCNC1=NCCCCC1. The van der Waals surface area contributed by atoms with Gasteiger partial charge in [0.25, 0.3) is 0 Å². The second-order valence-corrected chi connectivity index (χ2v) is 4.98. The van der Waals surface area contributed by atoms with Crippen LogP contribution in [0.25, 0.3) is 0 Å². The standard InChI is InChI=1S/C14H29N3.2ClH/c15-11-7-3-1-2-4-8-12-16-14-10-6-5-9-13-17-14;;/h1-13,15H2,(H,16,17);2*1H. The van der Waals surface area contributed by atoms with Crippen LogP contribution in [0.2, 0.25) is 0 Å². The number of aliphatic imine (C=N–C) groups is 1. The predicted octanol–water partition coefficient (Wildman–Crippen LogP) is 3.69. The first-order chi connectivity index (χ1) is 8.43. The summed E-state index contributed by atoms with van der Waals surface area (Å²) >= 11 is 0. The summed E-state index contributed by atoms with van der Waals surface area (Å²) in [5, 5.41) is 3.49. The maximum absolute atomic E-state index is 5.46. The van der Waals surface area contributed by atoms with Gasteiger partial charge in [0.05, 0.1) is 5.84 Å². The summed E-state index contributed by atoms with van der Waals surface area (Å²) in [5.74, 6) is 1.26. The van der Waals surface area contributed by atoms with Gasteiger partial charge in [-0.2, -0.15) is 0 Å². The first-order valence-electron chi connectivity index (χ1n) is 7.41. The molecule has 0 saturated carbocycles. The molecule has 0 amide bonds. The molecule has 0 aromatic heterocycles. The number of nitrogens with two attached hydrogens (primary N) is 1. The summed E-state index contributed by atoms with van der Waals surface area (Å²) in [6, 6.07) is 0. The highest BCUT2D eigenvalue weighted by molar-refractivity contribution is 5.85. The molecule has 1 aliphatic heterocycles. The van der Waals surface area contributed by atoms with Crippen molar-refractivity contribution in [3.8, 4) is 0 Å². The zero-order chi connectivity index (χ0) is 12.2. The van der Waals surface area contributed by atoms with Gasteiger partial charge in [-0.15, -0.1) is 24.8 Å².